The molecule has 0 saturated carbocycles. The molecular formula is C6H3FNO4S-. The van der Waals surface area contributed by atoms with E-state index in [0.717, 1.165) is 12.1 Å². The lowest BCUT2D eigenvalue weighted by Crippen LogP contribution is -1.96. The molecule has 13 heavy (non-hydrogen) atoms. The van der Waals surface area contributed by atoms with Crippen molar-refractivity contribution >= 4 is 16.8 Å². The second-order valence-corrected chi connectivity index (χ2v) is 3.02. The van der Waals surface area contributed by atoms with E-state index in [4.69, 9.17) is 0 Å². The Morgan fingerprint density at radius 1 is 1.46 bits per heavy atom. The van der Waals surface area contributed by atoms with Crippen LogP contribution >= 0.6 is 0 Å². The Bertz CT molecular complexity index is 381. The Balaban J connectivity index is 3.27. The predicted octanol–water partition coefficient (Wildman–Crippen LogP) is 0.972. The average Bonchev–Trinajstić information content (AvgIpc) is 2.04. The molecule has 1 rings (SSSR count). The van der Waals surface area contributed by atoms with Gasteiger partial charge in [-0.2, -0.15) is 0 Å². The highest BCUT2D eigenvalue weighted by Gasteiger charge is 2.10. The molecule has 5 nitrogen and oxygen atoms in total. The summed E-state index contributed by atoms with van der Waals surface area (Å²) in [5.74, 6) is -1.00. The van der Waals surface area contributed by atoms with Gasteiger partial charge in [0.1, 0.15) is 5.82 Å². The number of hydrogen-bond donors (Lipinski definition) is 0. The predicted molar refractivity (Wildman–Crippen MR) is 40.2 cm³/mol. The molecule has 0 aromatic heterocycles. The van der Waals surface area contributed by atoms with Crippen molar-refractivity contribution in [1.29, 1.82) is 0 Å². The summed E-state index contributed by atoms with van der Waals surface area (Å²) in [7, 11) is 0. The molecule has 0 N–H and O–H groups in total. The van der Waals surface area contributed by atoms with Gasteiger partial charge in [-0.05, 0) is 17.1 Å². The smallest absolute Gasteiger partial charge is 0.270 e. The van der Waals surface area contributed by atoms with Gasteiger partial charge in [-0.15, -0.1) is 0 Å². The summed E-state index contributed by atoms with van der Waals surface area (Å²) in [6.07, 6.45) is 0. The van der Waals surface area contributed by atoms with Crippen LogP contribution in [0.4, 0.5) is 10.1 Å². The van der Waals surface area contributed by atoms with Gasteiger partial charge in [-0.1, -0.05) is 0 Å². The fraction of sp³-hybridized carbons (Fsp3) is 0. The fourth-order valence-corrected chi connectivity index (χ4v) is 1.18. The third-order valence-electron chi connectivity index (χ3n) is 1.31. The summed E-state index contributed by atoms with van der Waals surface area (Å²) in [6.45, 7) is 0. The number of benzene rings is 1. The van der Waals surface area contributed by atoms with E-state index in [9.17, 15) is 23.3 Å². The molecule has 0 bridgehead atoms. The standard InChI is InChI=1S/C6H4FNO4S/c7-5-2-1-4(8(9)10)3-6(5)13(11)12/h1-3H,(H,11,12)/p-1. The lowest BCUT2D eigenvalue weighted by atomic mass is 10.3. The van der Waals surface area contributed by atoms with Crippen LogP contribution in [0.5, 0.6) is 0 Å². The van der Waals surface area contributed by atoms with Crippen molar-refractivity contribution < 1.29 is 18.1 Å². The van der Waals surface area contributed by atoms with E-state index in [0.29, 0.717) is 6.07 Å². The summed E-state index contributed by atoms with van der Waals surface area (Å²) >= 11 is -2.80. The Hall–Kier alpha value is -1.34. The first kappa shape index (κ1) is 9.75. The second-order valence-electron chi connectivity index (χ2n) is 2.11. The highest BCUT2D eigenvalue weighted by atomic mass is 32.2. The molecule has 70 valence electrons. The molecule has 1 unspecified atom stereocenters. The van der Waals surface area contributed by atoms with Crippen LogP contribution in [0.25, 0.3) is 0 Å². The van der Waals surface area contributed by atoms with Gasteiger partial charge in [0.05, 0.1) is 9.82 Å². The zero-order valence-electron chi connectivity index (χ0n) is 6.10. The molecule has 0 aliphatic rings. The monoisotopic (exact) mass is 204 g/mol. The van der Waals surface area contributed by atoms with E-state index in [1.54, 1.807) is 0 Å². The van der Waals surface area contributed by atoms with Gasteiger partial charge in [0.25, 0.3) is 5.69 Å². The molecule has 0 fully saturated rings. The van der Waals surface area contributed by atoms with Gasteiger partial charge in [0.2, 0.25) is 0 Å². The molecule has 1 aromatic carbocycles. The molecule has 0 aliphatic heterocycles. The summed E-state index contributed by atoms with van der Waals surface area (Å²) in [5, 5.41) is 10.2. The minimum atomic E-state index is -2.80. The number of halogens is 1. The Labute approximate surface area is 74.6 Å². The van der Waals surface area contributed by atoms with Gasteiger partial charge in [0, 0.05) is 12.1 Å². The Kier molecular flexibility index (Phi) is 2.69. The normalized spacial score (nSPS) is 12.5. The summed E-state index contributed by atoms with van der Waals surface area (Å²) in [6, 6.07) is 2.30. The maximum Gasteiger partial charge on any atom is 0.270 e. The lowest BCUT2D eigenvalue weighted by molar-refractivity contribution is -0.385. The van der Waals surface area contributed by atoms with E-state index in [2.05, 4.69) is 0 Å². The van der Waals surface area contributed by atoms with Gasteiger partial charge >= 0.3 is 0 Å². The number of nitro groups is 1. The maximum absolute atomic E-state index is 12.7. The second kappa shape index (κ2) is 3.58. The van der Waals surface area contributed by atoms with Crippen LogP contribution in [-0.4, -0.2) is 13.7 Å². The highest BCUT2D eigenvalue weighted by molar-refractivity contribution is 7.79. The first-order valence-electron chi connectivity index (χ1n) is 3.05. The summed E-state index contributed by atoms with van der Waals surface area (Å²) in [5.41, 5.74) is -0.458. The van der Waals surface area contributed by atoms with Crippen molar-refractivity contribution in [3.05, 3.63) is 34.1 Å². The fourth-order valence-electron chi connectivity index (χ4n) is 0.733. The van der Waals surface area contributed by atoms with Crippen LogP contribution in [0.1, 0.15) is 0 Å². The molecule has 0 heterocycles. The number of non-ortho nitro benzene ring substituents is 1. The van der Waals surface area contributed by atoms with Crippen molar-refractivity contribution in [1.82, 2.24) is 0 Å². The first-order chi connectivity index (χ1) is 6.02. The largest absolute Gasteiger partial charge is 0.768 e. The van der Waals surface area contributed by atoms with Crippen LogP contribution in [-0.2, 0) is 11.1 Å². The van der Waals surface area contributed by atoms with Crippen molar-refractivity contribution in [2.45, 2.75) is 4.90 Å². The van der Waals surface area contributed by atoms with Crippen molar-refractivity contribution in [3.8, 4) is 0 Å². The van der Waals surface area contributed by atoms with E-state index >= 15 is 0 Å². The zero-order chi connectivity index (χ0) is 10.0. The van der Waals surface area contributed by atoms with E-state index in [1.165, 1.54) is 0 Å². The van der Waals surface area contributed by atoms with E-state index in [1.807, 2.05) is 0 Å². The molecule has 0 radical (unpaired) electrons. The van der Waals surface area contributed by atoms with Crippen LogP contribution in [0.15, 0.2) is 23.1 Å². The summed E-state index contributed by atoms with van der Waals surface area (Å²) in [4.78, 5) is 8.67. The van der Waals surface area contributed by atoms with E-state index < -0.39 is 32.4 Å². The molecule has 0 amide bonds. The first-order valence-corrected chi connectivity index (χ1v) is 4.13. The number of nitrogens with zero attached hydrogens (tertiary/aromatic N) is 1. The van der Waals surface area contributed by atoms with E-state index in [-0.39, 0.29) is 0 Å². The molecule has 0 aliphatic carbocycles. The minimum Gasteiger partial charge on any atom is -0.768 e. The number of nitro benzene ring substituents is 1. The zero-order valence-corrected chi connectivity index (χ0v) is 6.91. The molecule has 1 atom stereocenters. The molecule has 7 heteroatoms. The molecule has 0 saturated heterocycles. The third-order valence-corrected chi connectivity index (χ3v) is 1.98. The molecular weight excluding hydrogens is 201 g/mol. The van der Waals surface area contributed by atoms with Gasteiger partial charge in [-0.3, -0.25) is 14.3 Å². The van der Waals surface area contributed by atoms with Crippen LogP contribution < -0.4 is 0 Å². The maximum atomic E-state index is 12.7. The minimum absolute atomic E-state index is 0.458. The molecule has 0 spiro atoms. The molecule has 1 aromatic rings. The summed E-state index contributed by atoms with van der Waals surface area (Å²) < 4.78 is 33.3. The number of rotatable bonds is 2. The lowest BCUT2D eigenvalue weighted by Gasteiger charge is -2.04. The van der Waals surface area contributed by atoms with Gasteiger partial charge in [0.15, 0.2) is 0 Å². The Morgan fingerprint density at radius 2 is 2.08 bits per heavy atom. The quantitative estimate of drug-likeness (QED) is 0.408. The van der Waals surface area contributed by atoms with Crippen LogP contribution in [0.3, 0.4) is 0 Å². The van der Waals surface area contributed by atoms with Crippen molar-refractivity contribution in [2.24, 2.45) is 0 Å². The average molecular weight is 204 g/mol. The third kappa shape index (κ3) is 2.07. The van der Waals surface area contributed by atoms with Gasteiger partial charge in [-0.25, -0.2) is 4.39 Å². The Morgan fingerprint density at radius 3 is 2.54 bits per heavy atom. The SMILES string of the molecule is O=[N+]([O-])c1ccc(F)c(S(=O)[O-])c1. The van der Waals surface area contributed by atoms with Crippen LogP contribution in [0, 0.1) is 15.9 Å². The highest BCUT2D eigenvalue weighted by Crippen LogP contribution is 2.18. The van der Waals surface area contributed by atoms with Crippen LogP contribution in [0.2, 0.25) is 0 Å². The topological polar surface area (TPSA) is 83.3 Å². The van der Waals surface area contributed by atoms with Crippen molar-refractivity contribution in [2.75, 3.05) is 0 Å². The van der Waals surface area contributed by atoms with Crippen molar-refractivity contribution in [3.63, 3.8) is 0 Å². The number of hydrogen-bond acceptors (Lipinski definition) is 4. The van der Waals surface area contributed by atoms with Gasteiger partial charge < -0.3 is 4.55 Å².